The Morgan fingerprint density at radius 3 is 1.89 bits per heavy atom. The summed E-state index contributed by atoms with van der Waals surface area (Å²) in [5.74, 6) is 0. The van der Waals surface area contributed by atoms with Crippen LogP contribution in [0.5, 0.6) is 0 Å². The summed E-state index contributed by atoms with van der Waals surface area (Å²) in [5, 5.41) is 0. The molecule has 0 atom stereocenters. The van der Waals surface area contributed by atoms with Crippen LogP contribution < -0.4 is 0 Å². The van der Waals surface area contributed by atoms with Crippen molar-refractivity contribution in [1.29, 1.82) is 0 Å². The van der Waals surface area contributed by atoms with E-state index >= 15 is 0 Å². The molecule has 0 aliphatic rings. The molecule has 0 radical (unpaired) electrons. The summed E-state index contributed by atoms with van der Waals surface area (Å²) in [7, 11) is 0. The van der Waals surface area contributed by atoms with E-state index in [1.165, 1.54) is 0 Å². The number of aldehydes is 1. The predicted molar refractivity (Wildman–Crippen MR) is 71.5 cm³/mol. The van der Waals surface area contributed by atoms with Gasteiger partial charge in [0, 0.05) is 23.5 Å². The molecule has 0 aliphatic heterocycles. The first-order valence-corrected chi connectivity index (χ1v) is 5.51. The molecule has 0 amide bonds. The zero-order chi connectivity index (χ0) is 12.8. The summed E-state index contributed by atoms with van der Waals surface area (Å²) >= 11 is 0. The van der Waals surface area contributed by atoms with E-state index in [2.05, 4.69) is 16.5 Å². The minimum absolute atomic E-state index is 0.490. The van der Waals surface area contributed by atoms with Gasteiger partial charge in [-0.2, -0.15) is 0 Å². The van der Waals surface area contributed by atoms with Gasteiger partial charge in [0.25, 0.3) is 0 Å². The molecule has 88 valence electrons. The van der Waals surface area contributed by atoms with Crippen LogP contribution >= 0.6 is 0 Å². The molecule has 2 rings (SSSR count). The number of aromatic nitrogens is 2. The molecule has 2 aromatic heterocycles. The number of hydrogen-bond donors (Lipinski definition) is 0. The van der Waals surface area contributed by atoms with Crippen molar-refractivity contribution in [2.24, 2.45) is 0 Å². The Morgan fingerprint density at radius 2 is 1.50 bits per heavy atom. The third-order valence-electron chi connectivity index (χ3n) is 2.49. The lowest BCUT2D eigenvalue weighted by atomic mass is 10.0. The summed E-state index contributed by atoms with van der Waals surface area (Å²) in [6, 6.07) is 11.0. The largest absolute Gasteiger partial charge is 0.298 e. The third-order valence-corrected chi connectivity index (χ3v) is 2.49. The molecule has 0 unspecified atom stereocenters. The van der Waals surface area contributed by atoms with Crippen LogP contribution in [0.25, 0.3) is 11.1 Å². The number of nitrogens with zero attached hydrogens (tertiary/aromatic N) is 2. The molecule has 3 heteroatoms. The van der Waals surface area contributed by atoms with Gasteiger partial charge in [-0.1, -0.05) is 24.8 Å². The van der Waals surface area contributed by atoms with Crippen molar-refractivity contribution >= 4 is 17.4 Å². The Kier molecular flexibility index (Phi) is 3.76. The van der Waals surface area contributed by atoms with Crippen molar-refractivity contribution in [3.63, 3.8) is 0 Å². The maximum absolute atomic E-state index is 11.3. The standard InChI is InChI=1S/C15H12N2O/c1-2-12(14-7-3-5-9-16-14)13(11-18)15-8-4-6-10-17-15/h2-11H,1H2/b13-12-. The number of pyridine rings is 2. The molecule has 3 nitrogen and oxygen atoms in total. The number of hydrogen-bond acceptors (Lipinski definition) is 3. The van der Waals surface area contributed by atoms with E-state index in [-0.39, 0.29) is 0 Å². The highest BCUT2D eigenvalue weighted by Crippen LogP contribution is 2.22. The Morgan fingerprint density at radius 1 is 0.944 bits per heavy atom. The molecule has 0 aliphatic carbocycles. The van der Waals surface area contributed by atoms with Crippen LogP contribution in [0.2, 0.25) is 0 Å². The third kappa shape index (κ3) is 2.40. The van der Waals surface area contributed by atoms with Crippen LogP contribution in [-0.4, -0.2) is 16.3 Å². The summed E-state index contributed by atoms with van der Waals surface area (Å²) in [5.41, 5.74) is 2.50. The van der Waals surface area contributed by atoms with E-state index < -0.39 is 0 Å². The molecule has 0 aromatic carbocycles. The number of allylic oxidation sites excluding steroid dienone is 3. The van der Waals surface area contributed by atoms with E-state index in [1.807, 2.05) is 24.3 Å². The second kappa shape index (κ2) is 5.68. The highest BCUT2D eigenvalue weighted by molar-refractivity contribution is 6.18. The molecule has 0 spiro atoms. The predicted octanol–water partition coefficient (Wildman–Crippen LogP) is 2.77. The fourth-order valence-electron chi connectivity index (χ4n) is 1.66. The van der Waals surface area contributed by atoms with E-state index in [1.54, 1.807) is 30.6 Å². The van der Waals surface area contributed by atoms with Crippen molar-refractivity contribution in [3.05, 3.63) is 72.8 Å². The molecule has 0 saturated carbocycles. The Hall–Kier alpha value is -2.55. The zero-order valence-electron chi connectivity index (χ0n) is 9.78. The van der Waals surface area contributed by atoms with Crippen LogP contribution in [0, 0.1) is 0 Å². The van der Waals surface area contributed by atoms with Gasteiger partial charge in [-0.3, -0.25) is 14.8 Å². The van der Waals surface area contributed by atoms with Crippen LogP contribution in [0.3, 0.4) is 0 Å². The van der Waals surface area contributed by atoms with Gasteiger partial charge in [-0.25, -0.2) is 0 Å². The summed E-state index contributed by atoms with van der Waals surface area (Å²) in [6.07, 6.45) is 5.74. The van der Waals surface area contributed by atoms with Crippen molar-refractivity contribution in [3.8, 4) is 0 Å². The zero-order valence-corrected chi connectivity index (χ0v) is 9.78. The first kappa shape index (κ1) is 11.9. The molecule has 0 N–H and O–H groups in total. The number of carbonyl (C=O) groups excluding carboxylic acids is 1. The first-order chi connectivity index (χ1) is 8.86. The normalized spacial score (nSPS) is 11.6. The van der Waals surface area contributed by atoms with Crippen molar-refractivity contribution in [2.75, 3.05) is 0 Å². The van der Waals surface area contributed by atoms with Crippen molar-refractivity contribution in [2.45, 2.75) is 0 Å². The van der Waals surface area contributed by atoms with E-state index in [0.29, 0.717) is 22.5 Å². The van der Waals surface area contributed by atoms with E-state index in [0.717, 1.165) is 6.29 Å². The smallest absolute Gasteiger partial charge is 0.152 e. The molecule has 2 heterocycles. The summed E-state index contributed by atoms with van der Waals surface area (Å²) < 4.78 is 0. The van der Waals surface area contributed by atoms with Gasteiger partial charge in [0.1, 0.15) is 0 Å². The second-order valence-corrected chi connectivity index (χ2v) is 3.58. The monoisotopic (exact) mass is 236 g/mol. The minimum Gasteiger partial charge on any atom is -0.298 e. The van der Waals surface area contributed by atoms with Crippen LogP contribution in [-0.2, 0) is 4.79 Å². The minimum atomic E-state index is 0.490. The summed E-state index contributed by atoms with van der Waals surface area (Å²) in [4.78, 5) is 19.7. The van der Waals surface area contributed by atoms with Crippen LogP contribution in [0.15, 0.2) is 61.4 Å². The summed E-state index contributed by atoms with van der Waals surface area (Å²) in [6.45, 7) is 3.75. The molecule has 0 saturated heterocycles. The molecular formula is C15H12N2O. The van der Waals surface area contributed by atoms with Gasteiger partial charge in [0.15, 0.2) is 6.29 Å². The lowest BCUT2D eigenvalue weighted by molar-refractivity contribution is -0.103. The van der Waals surface area contributed by atoms with Crippen molar-refractivity contribution in [1.82, 2.24) is 9.97 Å². The topological polar surface area (TPSA) is 42.9 Å². The lowest BCUT2D eigenvalue weighted by Gasteiger charge is -2.06. The van der Waals surface area contributed by atoms with Gasteiger partial charge < -0.3 is 0 Å². The van der Waals surface area contributed by atoms with Crippen LogP contribution in [0.1, 0.15) is 11.4 Å². The quantitative estimate of drug-likeness (QED) is 0.465. The molecule has 0 fully saturated rings. The Labute approximate surface area is 106 Å². The highest BCUT2D eigenvalue weighted by Gasteiger charge is 2.09. The number of rotatable bonds is 4. The highest BCUT2D eigenvalue weighted by atomic mass is 16.1. The van der Waals surface area contributed by atoms with Gasteiger partial charge in [0.2, 0.25) is 0 Å². The lowest BCUT2D eigenvalue weighted by Crippen LogP contribution is -1.96. The van der Waals surface area contributed by atoms with Gasteiger partial charge in [0.05, 0.1) is 11.4 Å². The maximum Gasteiger partial charge on any atom is 0.152 e. The van der Waals surface area contributed by atoms with Gasteiger partial charge in [-0.15, -0.1) is 0 Å². The van der Waals surface area contributed by atoms with E-state index in [4.69, 9.17) is 0 Å². The number of carbonyl (C=O) groups is 1. The molecular weight excluding hydrogens is 224 g/mol. The Bertz CT molecular complexity index is 520. The average molecular weight is 236 g/mol. The van der Waals surface area contributed by atoms with Gasteiger partial charge >= 0.3 is 0 Å². The second-order valence-electron chi connectivity index (χ2n) is 3.58. The van der Waals surface area contributed by atoms with E-state index in [9.17, 15) is 4.79 Å². The van der Waals surface area contributed by atoms with Crippen LogP contribution in [0.4, 0.5) is 0 Å². The van der Waals surface area contributed by atoms with Crippen molar-refractivity contribution < 1.29 is 4.79 Å². The molecule has 18 heavy (non-hydrogen) atoms. The Balaban J connectivity index is 2.61. The fourth-order valence-corrected chi connectivity index (χ4v) is 1.66. The van der Waals surface area contributed by atoms with Gasteiger partial charge in [-0.05, 0) is 24.3 Å². The molecule has 0 bridgehead atoms. The SMILES string of the molecule is C=C/C(=C(\C=O)c1ccccn1)c1ccccn1. The fraction of sp³-hybridized carbons (Fsp3) is 0. The molecule has 2 aromatic rings. The average Bonchev–Trinajstić information content (AvgIpc) is 2.46. The maximum atomic E-state index is 11.3. The first-order valence-electron chi connectivity index (χ1n) is 5.51.